The van der Waals surface area contributed by atoms with Crippen molar-refractivity contribution in [2.75, 3.05) is 11.5 Å². The molecule has 0 aromatic heterocycles. The molecule has 0 fully saturated rings. The largest absolute Gasteiger partial charge is 0.152 e. The summed E-state index contributed by atoms with van der Waals surface area (Å²) in [5, 5.41) is 0. The van der Waals surface area contributed by atoms with Crippen LogP contribution in [0.4, 0.5) is 0 Å². The van der Waals surface area contributed by atoms with Crippen molar-refractivity contribution < 1.29 is 0 Å². The number of rotatable bonds is 0. The van der Waals surface area contributed by atoms with Crippen LogP contribution >= 0.6 is 24.0 Å². The quantitative estimate of drug-likeness (QED) is 0.509. The van der Waals surface area contributed by atoms with Crippen LogP contribution in [0.1, 0.15) is 6.42 Å². The van der Waals surface area contributed by atoms with E-state index in [1.54, 1.807) is 0 Å². The molecule has 0 N–H and O–H groups in total. The van der Waals surface area contributed by atoms with Gasteiger partial charge in [-0.1, -0.05) is 24.4 Å². The summed E-state index contributed by atoms with van der Waals surface area (Å²) < 4.78 is 0. The van der Waals surface area contributed by atoms with Crippen LogP contribution in [0.3, 0.4) is 0 Å². The van der Waals surface area contributed by atoms with E-state index in [4.69, 9.17) is 12.2 Å². The lowest BCUT2D eigenvalue weighted by Gasteiger charge is -2.07. The minimum Gasteiger partial charge on any atom is -0.152 e. The highest BCUT2D eigenvalue weighted by Crippen LogP contribution is 2.30. The Bertz CT molecular complexity index is 236. The van der Waals surface area contributed by atoms with E-state index >= 15 is 0 Å². The zero-order valence-electron chi connectivity index (χ0n) is 5.59. The Morgan fingerprint density at radius 1 is 1.40 bits per heavy atom. The van der Waals surface area contributed by atoms with Crippen molar-refractivity contribution in [3.63, 3.8) is 0 Å². The van der Waals surface area contributed by atoms with Crippen LogP contribution in [0.2, 0.25) is 0 Å². The van der Waals surface area contributed by atoms with E-state index in [0.29, 0.717) is 0 Å². The zero-order valence-corrected chi connectivity index (χ0v) is 7.23. The third-order valence-corrected chi connectivity index (χ3v) is 3.27. The molecule has 0 unspecified atom stereocenters. The van der Waals surface area contributed by atoms with Gasteiger partial charge in [0.05, 0.1) is 0 Å². The molecule has 0 atom stereocenters. The Balaban J connectivity index is 2.39. The first-order valence-corrected chi connectivity index (χ1v) is 4.94. The molecule has 2 heteroatoms. The maximum Gasteiger partial charge on any atom is 0.0233 e. The monoisotopic (exact) mass is 168 g/mol. The predicted octanol–water partition coefficient (Wildman–Crippen LogP) is 2.36. The number of hydrogen-bond donors (Lipinski definition) is 0. The predicted molar refractivity (Wildman–Crippen MR) is 50.7 cm³/mol. The second-order valence-corrected chi connectivity index (χ2v) is 4.00. The van der Waals surface area contributed by atoms with Crippen LogP contribution in [0.25, 0.3) is 0 Å². The lowest BCUT2D eigenvalue weighted by atomic mass is 10.0. The smallest absolute Gasteiger partial charge is 0.0233 e. The highest BCUT2D eigenvalue weighted by Gasteiger charge is 2.18. The van der Waals surface area contributed by atoms with Crippen LogP contribution in [-0.2, 0) is 0 Å². The van der Waals surface area contributed by atoms with Gasteiger partial charge in [-0.2, -0.15) is 11.8 Å². The van der Waals surface area contributed by atoms with Crippen molar-refractivity contribution in [2.24, 2.45) is 0 Å². The molecule has 52 valence electrons. The Morgan fingerprint density at radius 2 is 2.30 bits per heavy atom. The molecule has 0 bridgehead atoms. The van der Waals surface area contributed by atoms with Crippen molar-refractivity contribution in [3.05, 3.63) is 23.3 Å². The Hall–Kier alpha value is -0.0800. The van der Waals surface area contributed by atoms with Crippen LogP contribution < -0.4 is 0 Å². The van der Waals surface area contributed by atoms with E-state index in [2.05, 4.69) is 12.2 Å². The van der Waals surface area contributed by atoms with Crippen molar-refractivity contribution in [3.8, 4) is 0 Å². The third-order valence-electron chi connectivity index (χ3n) is 1.85. The fraction of sp³-hybridized carbons (Fsp3) is 0.375. The number of allylic oxidation sites excluding steroid dienone is 2. The molecule has 0 amide bonds. The number of thioether (sulfide) groups is 1. The standard InChI is InChI=1S/C8H8S2/c9-8-3-1-2-6-4-10-5-7(6)8/h1-2H,3-5H2. The first kappa shape index (κ1) is 6.62. The molecule has 0 aromatic rings. The summed E-state index contributed by atoms with van der Waals surface area (Å²) in [5.74, 6) is 2.32. The Morgan fingerprint density at radius 3 is 3.10 bits per heavy atom. The normalized spacial score (nSPS) is 23.8. The molecule has 1 aliphatic carbocycles. The molecule has 2 aliphatic rings. The van der Waals surface area contributed by atoms with E-state index in [0.717, 1.165) is 12.2 Å². The Labute approximate surface area is 70.4 Å². The van der Waals surface area contributed by atoms with Gasteiger partial charge in [-0.15, -0.1) is 0 Å². The van der Waals surface area contributed by atoms with Gasteiger partial charge in [0.2, 0.25) is 0 Å². The highest BCUT2D eigenvalue weighted by molar-refractivity contribution is 8.00. The van der Waals surface area contributed by atoms with Gasteiger partial charge in [0.1, 0.15) is 0 Å². The third kappa shape index (κ3) is 0.956. The molecule has 10 heavy (non-hydrogen) atoms. The molecule has 2 rings (SSSR count). The van der Waals surface area contributed by atoms with Gasteiger partial charge in [-0.05, 0) is 11.1 Å². The van der Waals surface area contributed by atoms with Gasteiger partial charge in [0.15, 0.2) is 0 Å². The second-order valence-electron chi connectivity index (χ2n) is 2.53. The summed E-state index contributed by atoms with van der Waals surface area (Å²) in [7, 11) is 0. The van der Waals surface area contributed by atoms with Crippen LogP contribution in [-0.4, -0.2) is 16.4 Å². The molecular weight excluding hydrogens is 160 g/mol. The lowest BCUT2D eigenvalue weighted by Crippen LogP contribution is -2.03. The molecule has 0 spiro atoms. The summed E-state index contributed by atoms with van der Waals surface area (Å²) in [6.07, 6.45) is 5.40. The lowest BCUT2D eigenvalue weighted by molar-refractivity contribution is 1.37. The van der Waals surface area contributed by atoms with Crippen molar-refractivity contribution in [2.45, 2.75) is 6.42 Å². The summed E-state index contributed by atoms with van der Waals surface area (Å²) >= 11 is 7.19. The SMILES string of the molecule is S=C1CC=CC2=C1CSC2. The van der Waals surface area contributed by atoms with E-state index in [9.17, 15) is 0 Å². The second kappa shape index (κ2) is 2.51. The van der Waals surface area contributed by atoms with Crippen molar-refractivity contribution in [1.29, 1.82) is 0 Å². The molecule has 0 radical (unpaired) electrons. The number of thiocarbonyl (C=S) groups is 1. The van der Waals surface area contributed by atoms with Gasteiger partial charge in [-0.25, -0.2) is 0 Å². The van der Waals surface area contributed by atoms with E-state index in [-0.39, 0.29) is 0 Å². The molecule has 0 aromatic carbocycles. The van der Waals surface area contributed by atoms with E-state index < -0.39 is 0 Å². The highest BCUT2D eigenvalue weighted by atomic mass is 32.2. The molecule has 1 heterocycles. The van der Waals surface area contributed by atoms with Crippen molar-refractivity contribution in [1.82, 2.24) is 0 Å². The number of hydrogen-bond acceptors (Lipinski definition) is 2. The van der Waals surface area contributed by atoms with Crippen LogP contribution in [0.5, 0.6) is 0 Å². The molecule has 1 aliphatic heterocycles. The molecule has 0 saturated carbocycles. The molecule has 0 saturated heterocycles. The maximum absolute atomic E-state index is 5.22. The van der Waals surface area contributed by atoms with Gasteiger partial charge in [-0.3, -0.25) is 0 Å². The fourth-order valence-electron chi connectivity index (χ4n) is 1.28. The van der Waals surface area contributed by atoms with E-state index in [1.165, 1.54) is 21.8 Å². The summed E-state index contributed by atoms with van der Waals surface area (Å²) in [6.45, 7) is 0. The minimum absolute atomic E-state index is 0.995. The van der Waals surface area contributed by atoms with Gasteiger partial charge < -0.3 is 0 Å². The Kier molecular flexibility index (Phi) is 1.66. The zero-order chi connectivity index (χ0) is 6.97. The molecule has 0 nitrogen and oxygen atoms in total. The average molecular weight is 168 g/mol. The van der Waals surface area contributed by atoms with Crippen LogP contribution in [0, 0.1) is 0 Å². The van der Waals surface area contributed by atoms with Gasteiger partial charge in [0.25, 0.3) is 0 Å². The van der Waals surface area contributed by atoms with Crippen LogP contribution in [0.15, 0.2) is 23.3 Å². The van der Waals surface area contributed by atoms with Gasteiger partial charge >= 0.3 is 0 Å². The first-order valence-electron chi connectivity index (χ1n) is 3.37. The maximum atomic E-state index is 5.22. The topological polar surface area (TPSA) is 0 Å². The van der Waals surface area contributed by atoms with E-state index in [1.807, 2.05) is 11.8 Å². The summed E-state index contributed by atoms with van der Waals surface area (Å²) in [4.78, 5) is 1.17. The summed E-state index contributed by atoms with van der Waals surface area (Å²) in [5.41, 5.74) is 2.92. The van der Waals surface area contributed by atoms with Crippen molar-refractivity contribution >= 4 is 28.8 Å². The first-order chi connectivity index (χ1) is 4.88. The molecular formula is C8H8S2. The minimum atomic E-state index is 0.995. The fourth-order valence-corrected chi connectivity index (χ4v) is 2.83. The van der Waals surface area contributed by atoms with Gasteiger partial charge in [0, 0.05) is 22.8 Å². The average Bonchev–Trinajstić information content (AvgIpc) is 2.36. The summed E-state index contributed by atoms with van der Waals surface area (Å²) in [6, 6.07) is 0.